The molecular formula is C13H9ClN2O. The van der Waals surface area contributed by atoms with Crippen molar-refractivity contribution in [3.05, 3.63) is 47.5 Å². The molecule has 0 radical (unpaired) electrons. The average molecular weight is 245 g/mol. The zero-order chi connectivity index (χ0) is 11.8. The van der Waals surface area contributed by atoms with E-state index in [1.807, 2.05) is 42.5 Å². The molecule has 4 heteroatoms. The number of benzene rings is 2. The van der Waals surface area contributed by atoms with Crippen LogP contribution in [0.3, 0.4) is 0 Å². The number of hydrogen-bond donors (Lipinski definition) is 1. The second-order valence-electron chi connectivity index (χ2n) is 3.71. The molecule has 0 amide bonds. The molecule has 0 aliphatic rings. The van der Waals surface area contributed by atoms with E-state index in [1.54, 1.807) is 0 Å². The van der Waals surface area contributed by atoms with E-state index in [9.17, 15) is 0 Å². The normalized spacial score (nSPS) is 10.9. The SMILES string of the molecule is Nc1nc2cc(-c3ccccc3Cl)ccc2o1. The van der Waals surface area contributed by atoms with E-state index >= 15 is 0 Å². The van der Waals surface area contributed by atoms with Crippen molar-refractivity contribution < 1.29 is 4.42 Å². The number of hydrogen-bond acceptors (Lipinski definition) is 3. The summed E-state index contributed by atoms with van der Waals surface area (Å²) in [6, 6.07) is 13.5. The number of rotatable bonds is 1. The van der Waals surface area contributed by atoms with Crippen LogP contribution in [0.25, 0.3) is 22.2 Å². The summed E-state index contributed by atoms with van der Waals surface area (Å²) < 4.78 is 5.22. The molecule has 0 unspecified atom stereocenters. The van der Waals surface area contributed by atoms with Crippen molar-refractivity contribution in [2.75, 3.05) is 5.73 Å². The van der Waals surface area contributed by atoms with Crippen LogP contribution < -0.4 is 5.73 Å². The molecule has 0 saturated carbocycles. The molecule has 3 nitrogen and oxygen atoms in total. The number of nitrogens with zero attached hydrogens (tertiary/aromatic N) is 1. The monoisotopic (exact) mass is 244 g/mol. The van der Waals surface area contributed by atoms with Crippen molar-refractivity contribution in [3.8, 4) is 11.1 Å². The molecule has 0 spiro atoms. The van der Waals surface area contributed by atoms with Crippen molar-refractivity contribution in [1.29, 1.82) is 0 Å². The molecule has 3 rings (SSSR count). The summed E-state index contributed by atoms with van der Waals surface area (Å²) in [6.07, 6.45) is 0. The standard InChI is InChI=1S/C13H9ClN2O/c14-10-4-2-1-3-9(10)8-5-6-12-11(7-8)16-13(15)17-12/h1-7H,(H2,15,16). The van der Waals surface area contributed by atoms with Gasteiger partial charge in [0, 0.05) is 10.6 Å². The molecular weight excluding hydrogens is 236 g/mol. The highest BCUT2D eigenvalue weighted by molar-refractivity contribution is 6.33. The summed E-state index contributed by atoms with van der Waals surface area (Å²) in [5.74, 6) is 0. The summed E-state index contributed by atoms with van der Waals surface area (Å²) in [6.45, 7) is 0. The third-order valence-corrected chi connectivity index (χ3v) is 2.92. The van der Waals surface area contributed by atoms with E-state index in [-0.39, 0.29) is 6.01 Å². The number of oxazole rings is 1. The van der Waals surface area contributed by atoms with Gasteiger partial charge in [-0.25, -0.2) is 0 Å². The molecule has 2 N–H and O–H groups in total. The van der Waals surface area contributed by atoms with Gasteiger partial charge in [0.1, 0.15) is 5.52 Å². The Labute approximate surface area is 103 Å². The predicted octanol–water partition coefficient (Wildman–Crippen LogP) is 3.73. The van der Waals surface area contributed by atoms with Gasteiger partial charge in [-0.2, -0.15) is 4.98 Å². The first-order valence-corrected chi connectivity index (χ1v) is 5.53. The van der Waals surface area contributed by atoms with Gasteiger partial charge < -0.3 is 10.2 Å². The van der Waals surface area contributed by atoms with Crippen LogP contribution in [-0.2, 0) is 0 Å². The van der Waals surface area contributed by atoms with Crippen molar-refractivity contribution in [3.63, 3.8) is 0 Å². The Balaban J connectivity index is 2.21. The molecule has 0 saturated heterocycles. The molecule has 1 aromatic heterocycles. The number of fused-ring (bicyclic) bond motifs is 1. The van der Waals surface area contributed by atoms with Gasteiger partial charge in [0.2, 0.25) is 0 Å². The molecule has 2 aromatic carbocycles. The summed E-state index contributed by atoms with van der Waals surface area (Å²) in [7, 11) is 0. The Morgan fingerprint density at radius 2 is 1.94 bits per heavy atom. The van der Waals surface area contributed by atoms with Crippen LogP contribution in [0, 0.1) is 0 Å². The fourth-order valence-corrected chi connectivity index (χ4v) is 2.05. The van der Waals surface area contributed by atoms with E-state index in [4.69, 9.17) is 21.8 Å². The first-order valence-electron chi connectivity index (χ1n) is 5.15. The lowest BCUT2D eigenvalue weighted by Gasteiger charge is -2.03. The smallest absolute Gasteiger partial charge is 0.292 e. The van der Waals surface area contributed by atoms with Gasteiger partial charge in [-0.05, 0) is 23.8 Å². The number of halogens is 1. The lowest BCUT2D eigenvalue weighted by Crippen LogP contribution is -1.81. The molecule has 0 aliphatic carbocycles. The minimum absolute atomic E-state index is 0.177. The Morgan fingerprint density at radius 3 is 2.76 bits per heavy atom. The van der Waals surface area contributed by atoms with Crippen LogP contribution >= 0.6 is 11.6 Å². The molecule has 1 heterocycles. The number of nitrogens with two attached hydrogens (primary N) is 1. The van der Waals surface area contributed by atoms with E-state index < -0.39 is 0 Å². The van der Waals surface area contributed by atoms with Gasteiger partial charge in [0.15, 0.2) is 5.58 Å². The van der Waals surface area contributed by atoms with Gasteiger partial charge in [-0.1, -0.05) is 35.9 Å². The van der Waals surface area contributed by atoms with Crippen molar-refractivity contribution in [2.45, 2.75) is 0 Å². The van der Waals surface area contributed by atoms with Crippen LogP contribution in [0.1, 0.15) is 0 Å². The second kappa shape index (κ2) is 3.79. The number of anilines is 1. The van der Waals surface area contributed by atoms with Gasteiger partial charge in [0.05, 0.1) is 0 Å². The van der Waals surface area contributed by atoms with E-state index in [2.05, 4.69) is 4.98 Å². The maximum atomic E-state index is 6.15. The molecule has 0 bridgehead atoms. The maximum Gasteiger partial charge on any atom is 0.292 e. The van der Waals surface area contributed by atoms with Crippen LogP contribution in [0.4, 0.5) is 6.01 Å². The third kappa shape index (κ3) is 1.74. The fraction of sp³-hybridized carbons (Fsp3) is 0. The minimum atomic E-state index is 0.177. The van der Waals surface area contributed by atoms with Crippen LogP contribution in [-0.4, -0.2) is 4.98 Å². The molecule has 3 aromatic rings. The lowest BCUT2D eigenvalue weighted by atomic mass is 10.1. The highest BCUT2D eigenvalue weighted by Crippen LogP contribution is 2.30. The quantitative estimate of drug-likeness (QED) is 0.710. The van der Waals surface area contributed by atoms with E-state index in [1.165, 1.54) is 0 Å². The van der Waals surface area contributed by atoms with Gasteiger partial charge >= 0.3 is 0 Å². The first kappa shape index (κ1) is 10.2. The van der Waals surface area contributed by atoms with Gasteiger partial charge in [-0.3, -0.25) is 0 Å². The highest BCUT2D eigenvalue weighted by atomic mass is 35.5. The summed E-state index contributed by atoms with van der Waals surface area (Å²) >= 11 is 6.15. The number of nitrogen functional groups attached to an aromatic ring is 1. The third-order valence-electron chi connectivity index (χ3n) is 2.59. The Hall–Kier alpha value is -2.00. The minimum Gasteiger partial charge on any atom is -0.424 e. The maximum absolute atomic E-state index is 6.15. The Bertz CT molecular complexity index is 691. The van der Waals surface area contributed by atoms with Crippen LogP contribution in [0.5, 0.6) is 0 Å². The molecule has 0 aliphatic heterocycles. The van der Waals surface area contributed by atoms with E-state index in [0.29, 0.717) is 10.6 Å². The fourth-order valence-electron chi connectivity index (χ4n) is 1.81. The Kier molecular flexibility index (Phi) is 2.27. The molecule has 0 atom stereocenters. The first-order chi connectivity index (χ1) is 8.24. The molecule has 0 fully saturated rings. The topological polar surface area (TPSA) is 52.0 Å². The van der Waals surface area contributed by atoms with Crippen LogP contribution in [0.2, 0.25) is 5.02 Å². The zero-order valence-electron chi connectivity index (χ0n) is 8.85. The van der Waals surface area contributed by atoms with Gasteiger partial charge in [-0.15, -0.1) is 0 Å². The summed E-state index contributed by atoms with van der Waals surface area (Å²) in [5.41, 5.74) is 8.89. The molecule has 84 valence electrons. The van der Waals surface area contributed by atoms with Crippen molar-refractivity contribution in [2.24, 2.45) is 0 Å². The second-order valence-corrected chi connectivity index (χ2v) is 4.12. The average Bonchev–Trinajstić information content (AvgIpc) is 2.68. The Morgan fingerprint density at radius 1 is 1.12 bits per heavy atom. The summed E-state index contributed by atoms with van der Waals surface area (Å²) in [4.78, 5) is 4.10. The van der Waals surface area contributed by atoms with Crippen molar-refractivity contribution >= 4 is 28.7 Å². The summed E-state index contributed by atoms with van der Waals surface area (Å²) in [5, 5.41) is 0.711. The zero-order valence-corrected chi connectivity index (χ0v) is 9.61. The predicted molar refractivity (Wildman–Crippen MR) is 68.9 cm³/mol. The largest absolute Gasteiger partial charge is 0.424 e. The van der Waals surface area contributed by atoms with E-state index in [0.717, 1.165) is 16.6 Å². The number of aromatic nitrogens is 1. The van der Waals surface area contributed by atoms with Crippen LogP contribution in [0.15, 0.2) is 46.9 Å². The lowest BCUT2D eigenvalue weighted by molar-refractivity contribution is 0.626. The van der Waals surface area contributed by atoms with Gasteiger partial charge in [0.25, 0.3) is 6.01 Å². The molecule has 17 heavy (non-hydrogen) atoms. The van der Waals surface area contributed by atoms with Crippen molar-refractivity contribution in [1.82, 2.24) is 4.98 Å². The highest BCUT2D eigenvalue weighted by Gasteiger charge is 2.07.